The van der Waals surface area contributed by atoms with Gasteiger partial charge in [-0.2, -0.15) is 4.98 Å². The van der Waals surface area contributed by atoms with E-state index in [4.69, 9.17) is 9.26 Å². The van der Waals surface area contributed by atoms with Crippen molar-refractivity contribution >= 4 is 10.9 Å². The zero-order valence-corrected chi connectivity index (χ0v) is 14.3. The first kappa shape index (κ1) is 15.4. The topological polar surface area (TPSA) is 66.0 Å². The molecule has 3 heterocycles. The van der Waals surface area contributed by atoms with E-state index in [0.29, 0.717) is 23.5 Å². The van der Waals surface area contributed by atoms with Crippen LogP contribution >= 0.6 is 0 Å². The molecule has 0 aliphatic rings. The molecule has 25 heavy (non-hydrogen) atoms. The second-order valence-electron chi connectivity index (χ2n) is 6.09. The minimum atomic E-state index is 0.411. The maximum atomic E-state index is 5.43. The van der Waals surface area contributed by atoms with Gasteiger partial charge in [0.1, 0.15) is 5.75 Å². The summed E-state index contributed by atoms with van der Waals surface area (Å²) in [4.78, 5) is 8.56. The van der Waals surface area contributed by atoms with E-state index in [1.807, 2.05) is 6.07 Å². The number of rotatable bonds is 4. The fourth-order valence-electron chi connectivity index (χ4n) is 2.92. The Bertz CT molecular complexity index is 1030. The summed E-state index contributed by atoms with van der Waals surface area (Å²) < 4.78 is 13.0. The highest BCUT2D eigenvalue weighted by Gasteiger charge is 2.15. The van der Waals surface area contributed by atoms with Crippen LogP contribution in [0.5, 0.6) is 5.75 Å². The molecule has 0 spiro atoms. The minimum Gasteiger partial charge on any atom is -0.494 e. The largest absolute Gasteiger partial charge is 0.494 e. The van der Waals surface area contributed by atoms with Crippen LogP contribution in [0.1, 0.15) is 19.9 Å². The first-order valence-corrected chi connectivity index (χ1v) is 8.10. The molecule has 0 bridgehead atoms. The predicted octanol–water partition coefficient (Wildman–Crippen LogP) is 4.34. The van der Waals surface area contributed by atoms with Crippen LogP contribution in [0.2, 0.25) is 0 Å². The highest BCUT2D eigenvalue weighted by molar-refractivity contribution is 5.84. The Labute approximate surface area is 145 Å². The maximum Gasteiger partial charge on any atom is 0.262 e. The zero-order chi connectivity index (χ0) is 17.4. The summed E-state index contributed by atoms with van der Waals surface area (Å²) in [6, 6.07) is 10.5. The Hall–Kier alpha value is -3.15. The summed E-state index contributed by atoms with van der Waals surface area (Å²) in [5, 5.41) is 5.27. The van der Waals surface area contributed by atoms with Crippen molar-refractivity contribution in [2.24, 2.45) is 0 Å². The van der Waals surface area contributed by atoms with E-state index in [2.05, 4.69) is 57.9 Å². The van der Waals surface area contributed by atoms with Crippen molar-refractivity contribution in [2.75, 3.05) is 7.11 Å². The van der Waals surface area contributed by atoms with Crippen LogP contribution < -0.4 is 4.74 Å². The SMILES string of the molecule is COc1cnccc1-c1nc(-c2ccc3c(ccn3C(C)C)c2)no1. The predicted molar refractivity (Wildman–Crippen MR) is 95.4 cm³/mol. The number of hydrogen-bond donors (Lipinski definition) is 0. The van der Waals surface area contributed by atoms with Crippen LogP contribution in [0.3, 0.4) is 0 Å². The quantitative estimate of drug-likeness (QED) is 0.555. The third kappa shape index (κ3) is 2.65. The van der Waals surface area contributed by atoms with Gasteiger partial charge in [0.2, 0.25) is 5.82 Å². The standard InChI is InChI=1S/C19H18N4O2/c1-12(2)23-9-7-13-10-14(4-5-16(13)23)18-21-19(25-22-18)15-6-8-20-11-17(15)24-3/h4-12H,1-3H3. The van der Waals surface area contributed by atoms with Crippen LogP contribution in [-0.2, 0) is 0 Å². The van der Waals surface area contributed by atoms with E-state index in [1.54, 1.807) is 25.6 Å². The summed E-state index contributed by atoms with van der Waals surface area (Å²) >= 11 is 0. The van der Waals surface area contributed by atoms with E-state index < -0.39 is 0 Å². The van der Waals surface area contributed by atoms with Crippen molar-refractivity contribution < 1.29 is 9.26 Å². The lowest BCUT2D eigenvalue weighted by atomic mass is 10.1. The van der Waals surface area contributed by atoms with Gasteiger partial charge in [0, 0.05) is 34.9 Å². The highest BCUT2D eigenvalue weighted by Crippen LogP contribution is 2.30. The average molecular weight is 334 g/mol. The monoisotopic (exact) mass is 334 g/mol. The minimum absolute atomic E-state index is 0.411. The van der Waals surface area contributed by atoms with E-state index in [1.165, 1.54) is 5.52 Å². The third-order valence-electron chi connectivity index (χ3n) is 4.20. The molecule has 3 aromatic heterocycles. The number of pyridine rings is 1. The van der Waals surface area contributed by atoms with Crippen LogP contribution in [0.25, 0.3) is 33.7 Å². The van der Waals surface area contributed by atoms with Gasteiger partial charge in [-0.25, -0.2) is 0 Å². The summed E-state index contributed by atoms with van der Waals surface area (Å²) in [5.41, 5.74) is 2.83. The molecule has 4 rings (SSSR count). The fraction of sp³-hybridized carbons (Fsp3) is 0.211. The Balaban J connectivity index is 1.74. The highest BCUT2D eigenvalue weighted by atomic mass is 16.5. The van der Waals surface area contributed by atoms with Gasteiger partial charge in [-0.05, 0) is 44.2 Å². The number of methoxy groups -OCH3 is 1. The molecule has 0 aliphatic heterocycles. The molecule has 0 N–H and O–H groups in total. The van der Waals surface area contributed by atoms with E-state index >= 15 is 0 Å². The van der Waals surface area contributed by atoms with Gasteiger partial charge in [0.15, 0.2) is 0 Å². The lowest BCUT2D eigenvalue weighted by Crippen LogP contribution is -1.97. The second kappa shape index (κ2) is 6.05. The van der Waals surface area contributed by atoms with Gasteiger partial charge in [0.25, 0.3) is 5.89 Å². The molecule has 0 atom stereocenters. The smallest absolute Gasteiger partial charge is 0.262 e. The normalized spacial score (nSPS) is 11.4. The summed E-state index contributed by atoms with van der Waals surface area (Å²) in [6.45, 7) is 4.34. The molecule has 0 aliphatic carbocycles. The number of aromatic nitrogens is 4. The molecule has 0 amide bonds. The number of benzene rings is 1. The van der Waals surface area contributed by atoms with Gasteiger partial charge in [0.05, 0.1) is 18.9 Å². The molecular formula is C19H18N4O2. The van der Waals surface area contributed by atoms with Crippen molar-refractivity contribution in [2.45, 2.75) is 19.9 Å². The Morgan fingerprint density at radius 1 is 1.16 bits per heavy atom. The molecule has 0 radical (unpaired) electrons. The molecule has 0 saturated heterocycles. The van der Waals surface area contributed by atoms with Gasteiger partial charge in [-0.3, -0.25) is 4.98 Å². The second-order valence-corrected chi connectivity index (χ2v) is 6.09. The summed E-state index contributed by atoms with van der Waals surface area (Å²) in [7, 11) is 1.59. The molecule has 0 saturated carbocycles. The lowest BCUT2D eigenvalue weighted by molar-refractivity contribution is 0.404. The lowest BCUT2D eigenvalue weighted by Gasteiger charge is -2.09. The number of ether oxygens (including phenoxy) is 1. The molecule has 0 fully saturated rings. The number of hydrogen-bond acceptors (Lipinski definition) is 5. The van der Waals surface area contributed by atoms with Crippen LogP contribution in [0, 0.1) is 0 Å². The summed E-state index contributed by atoms with van der Waals surface area (Å²) in [5.74, 6) is 1.56. The van der Waals surface area contributed by atoms with Gasteiger partial charge in [-0.1, -0.05) is 5.16 Å². The van der Waals surface area contributed by atoms with Gasteiger partial charge < -0.3 is 13.8 Å². The Morgan fingerprint density at radius 3 is 2.84 bits per heavy atom. The molecule has 4 aromatic rings. The maximum absolute atomic E-state index is 5.43. The molecule has 126 valence electrons. The third-order valence-corrected chi connectivity index (χ3v) is 4.20. The van der Waals surface area contributed by atoms with E-state index in [9.17, 15) is 0 Å². The summed E-state index contributed by atoms with van der Waals surface area (Å²) in [6.07, 6.45) is 5.39. The average Bonchev–Trinajstić information content (AvgIpc) is 3.28. The number of nitrogens with zero attached hydrogens (tertiary/aromatic N) is 4. The van der Waals surface area contributed by atoms with Crippen molar-refractivity contribution in [1.82, 2.24) is 19.7 Å². The first-order chi connectivity index (χ1) is 12.2. The van der Waals surface area contributed by atoms with E-state index in [0.717, 1.165) is 16.5 Å². The zero-order valence-electron chi connectivity index (χ0n) is 14.3. The molecule has 0 unspecified atom stereocenters. The molecule has 1 aromatic carbocycles. The van der Waals surface area contributed by atoms with E-state index in [-0.39, 0.29) is 0 Å². The first-order valence-electron chi connectivity index (χ1n) is 8.10. The number of fused-ring (bicyclic) bond motifs is 1. The van der Waals surface area contributed by atoms with Crippen LogP contribution in [-0.4, -0.2) is 26.8 Å². The van der Waals surface area contributed by atoms with Crippen molar-refractivity contribution in [3.8, 4) is 28.6 Å². The van der Waals surface area contributed by atoms with Crippen molar-refractivity contribution in [1.29, 1.82) is 0 Å². The van der Waals surface area contributed by atoms with Gasteiger partial charge >= 0.3 is 0 Å². The molecular weight excluding hydrogens is 316 g/mol. The fourth-order valence-corrected chi connectivity index (χ4v) is 2.92. The van der Waals surface area contributed by atoms with Crippen molar-refractivity contribution in [3.05, 3.63) is 48.9 Å². The van der Waals surface area contributed by atoms with Crippen molar-refractivity contribution in [3.63, 3.8) is 0 Å². The van der Waals surface area contributed by atoms with Crippen LogP contribution in [0.15, 0.2) is 53.4 Å². The van der Waals surface area contributed by atoms with Gasteiger partial charge in [-0.15, -0.1) is 0 Å². The molecule has 6 nitrogen and oxygen atoms in total. The van der Waals surface area contributed by atoms with Crippen LogP contribution in [0.4, 0.5) is 0 Å². The Morgan fingerprint density at radius 2 is 2.04 bits per heavy atom. The molecule has 6 heteroatoms. The Kier molecular flexibility index (Phi) is 3.72.